The molecule has 3 aromatic heterocycles. The molecule has 1 amide bonds. The van der Waals surface area contributed by atoms with Gasteiger partial charge < -0.3 is 14.0 Å². The van der Waals surface area contributed by atoms with E-state index in [9.17, 15) is 4.79 Å². The van der Waals surface area contributed by atoms with E-state index in [0.29, 0.717) is 11.4 Å². The maximum atomic E-state index is 13.1. The van der Waals surface area contributed by atoms with Crippen molar-refractivity contribution in [2.45, 2.75) is 18.9 Å². The third-order valence-corrected chi connectivity index (χ3v) is 4.51. The van der Waals surface area contributed by atoms with Crippen molar-refractivity contribution in [2.24, 2.45) is 0 Å². The van der Waals surface area contributed by atoms with Crippen LogP contribution in [0.2, 0.25) is 0 Å². The zero-order chi connectivity index (χ0) is 16.5. The highest BCUT2D eigenvalue weighted by atomic mass is 16.5. The standard InChI is InChI=1S/C18H18N4O2/c1-24-17-13(5-3-9-20-17)18(23)22-11-4-7-15(22)14-6-2-8-16-19-10-12-21(14)16/h2-3,5-6,8-10,12,15H,4,7,11H2,1H3. The molecule has 0 spiro atoms. The SMILES string of the molecule is COc1ncccc1C(=O)N1CCCC1c1cccc2nccn12. The van der Waals surface area contributed by atoms with Gasteiger partial charge in [-0.15, -0.1) is 0 Å². The molecule has 0 aromatic carbocycles. The number of rotatable bonds is 3. The monoisotopic (exact) mass is 322 g/mol. The largest absolute Gasteiger partial charge is 0.480 e. The van der Waals surface area contributed by atoms with Gasteiger partial charge in [0.15, 0.2) is 0 Å². The van der Waals surface area contributed by atoms with E-state index < -0.39 is 0 Å². The molecule has 1 atom stereocenters. The van der Waals surface area contributed by atoms with Crippen molar-refractivity contribution < 1.29 is 9.53 Å². The van der Waals surface area contributed by atoms with Crippen LogP contribution < -0.4 is 4.74 Å². The first kappa shape index (κ1) is 14.7. The lowest BCUT2D eigenvalue weighted by Gasteiger charge is -2.26. The maximum Gasteiger partial charge on any atom is 0.259 e. The summed E-state index contributed by atoms with van der Waals surface area (Å²) in [5.41, 5.74) is 2.48. The van der Waals surface area contributed by atoms with Crippen molar-refractivity contribution in [3.63, 3.8) is 0 Å². The molecule has 1 aliphatic heterocycles. The van der Waals surface area contributed by atoms with Crippen LogP contribution >= 0.6 is 0 Å². The van der Waals surface area contributed by atoms with Gasteiger partial charge in [-0.05, 0) is 37.1 Å². The lowest BCUT2D eigenvalue weighted by Crippen LogP contribution is -2.31. The zero-order valence-corrected chi connectivity index (χ0v) is 13.4. The fraction of sp³-hybridized carbons (Fsp3) is 0.278. The van der Waals surface area contributed by atoms with Crippen LogP contribution in [0.5, 0.6) is 5.88 Å². The third kappa shape index (κ3) is 2.31. The van der Waals surface area contributed by atoms with Crippen molar-refractivity contribution in [1.29, 1.82) is 0 Å². The highest BCUT2D eigenvalue weighted by molar-refractivity contribution is 5.96. The number of pyridine rings is 2. The Morgan fingerprint density at radius 1 is 1.21 bits per heavy atom. The second-order valence-corrected chi connectivity index (χ2v) is 5.82. The van der Waals surface area contributed by atoms with Gasteiger partial charge in [-0.2, -0.15) is 0 Å². The van der Waals surface area contributed by atoms with Crippen molar-refractivity contribution in [3.05, 3.63) is 60.2 Å². The van der Waals surface area contributed by atoms with Gasteiger partial charge in [0.25, 0.3) is 5.91 Å². The Kier molecular flexibility index (Phi) is 3.65. The Hall–Kier alpha value is -2.89. The molecular formula is C18H18N4O2. The fourth-order valence-electron chi connectivity index (χ4n) is 3.43. The molecule has 0 bridgehead atoms. The lowest BCUT2D eigenvalue weighted by atomic mass is 10.1. The molecule has 1 unspecified atom stereocenters. The molecule has 6 nitrogen and oxygen atoms in total. The molecule has 0 aliphatic carbocycles. The van der Waals surface area contributed by atoms with Gasteiger partial charge >= 0.3 is 0 Å². The maximum absolute atomic E-state index is 13.1. The summed E-state index contributed by atoms with van der Waals surface area (Å²) in [4.78, 5) is 23.5. The van der Waals surface area contributed by atoms with Crippen LogP contribution in [0.1, 0.15) is 34.9 Å². The van der Waals surface area contributed by atoms with E-state index in [2.05, 4.69) is 20.4 Å². The minimum Gasteiger partial charge on any atom is -0.480 e. The minimum absolute atomic E-state index is 0.0281. The minimum atomic E-state index is -0.0421. The number of fused-ring (bicyclic) bond motifs is 1. The molecule has 1 aliphatic rings. The topological polar surface area (TPSA) is 59.7 Å². The Labute approximate surface area is 139 Å². The van der Waals surface area contributed by atoms with Crippen LogP contribution in [0.25, 0.3) is 5.65 Å². The van der Waals surface area contributed by atoms with Crippen molar-refractivity contribution in [2.75, 3.05) is 13.7 Å². The molecule has 4 heterocycles. The smallest absolute Gasteiger partial charge is 0.259 e. The van der Waals surface area contributed by atoms with E-state index in [4.69, 9.17) is 4.74 Å². The van der Waals surface area contributed by atoms with Crippen LogP contribution in [-0.2, 0) is 0 Å². The Bertz CT molecular complexity index is 889. The first-order valence-electron chi connectivity index (χ1n) is 8.01. The van der Waals surface area contributed by atoms with Gasteiger partial charge in [0.2, 0.25) is 5.88 Å². The first-order valence-corrected chi connectivity index (χ1v) is 8.01. The van der Waals surface area contributed by atoms with Crippen LogP contribution in [0.4, 0.5) is 0 Å². The predicted octanol–water partition coefficient (Wildman–Crippen LogP) is 2.72. The van der Waals surface area contributed by atoms with E-state index in [1.165, 1.54) is 7.11 Å². The van der Waals surface area contributed by atoms with Gasteiger partial charge in [0.1, 0.15) is 11.2 Å². The lowest BCUT2D eigenvalue weighted by molar-refractivity contribution is 0.0728. The van der Waals surface area contributed by atoms with Gasteiger partial charge in [-0.1, -0.05) is 6.07 Å². The molecule has 1 saturated heterocycles. The van der Waals surface area contributed by atoms with E-state index in [1.807, 2.05) is 23.2 Å². The summed E-state index contributed by atoms with van der Waals surface area (Å²) < 4.78 is 7.30. The quantitative estimate of drug-likeness (QED) is 0.744. The van der Waals surface area contributed by atoms with E-state index >= 15 is 0 Å². The summed E-state index contributed by atoms with van der Waals surface area (Å²) in [6, 6.07) is 9.57. The average molecular weight is 322 g/mol. The molecule has 3 aromatic rings. The van der Waals surface area contributed by atoms with Gasteiger partial charge in [-0.3, -0.25) is 4.79 Å². The summed E-state index contributed by atoms with van der Waals surface area (Å²) in [7, 11) is 1.53. The number of ether oxygens (including phenoxy) is 1. The summed E-state index contributed by atoms with van der Waals surface area (Å²) in [5.74, 6) is 0.327. The number of likely N-dealkylation sites (tertiary alicyclic amines) is 1. The van der Waals surface area contributed by atoms with E-state index in [-0.39, 0.29) is 11.9 Å². The molecule has 0 radical (unpaired) electrons. The zero-order valence-electron chi connectivity index (χ0n) is 13.4. The fourth-order valence-corrected chi connectivity index (χ4v) is 3.43. The number of nitrogens with zero attached hydrogens (tertiary/aromatic N) is 4. The van der Waals surface area contributed by atoms with Crippen LogP contribution in [0.3, 0.4) is 0 Å². The number of hydrogen-bond donors (Lipinski definition) is 0. The van der Waals surface area contributed by atoms with Gasteiger partial charge in [0.05, 0.1) is 13.2 Å². The molecule has 1 fully saturated rings. The molecular weight excluding hydrogens is 304 g/mol. The van der Waals surface area contributed by atoms with E-state index in [1.54, 1.807) is 24.5 Å². The van der Waals surface area contributed by atoms with Gasteiger partial charge in [0, 0.05) is 30.8 Å². The Morgan fingerprint density at radius 2 is 2.12 bits per heavy atom. The number of carbonyl (C=O) groups excluding carboxylic acids is 1. The molecule has 122 valence electrons. The summed E-state index contributed by atoms with van der Waals surface area (Å²) in [6.45, 7) is 0.729. The second-order valence-electron chi connectivity index (χ2n) is 5.82. The predicted molar refractivity (Wildman–Crippen MR) is 89.0 cm³/mol. The number of aromatic nitrogens is 3. The first-order chi connectivity index (χ1) is 11.8. The third-order valence-electron chi connectivity index (χ3n) is 4.51. The molecule has 4 rings (SSSR count). The molecule has 0 saturated carbocycles. The van der Waals surface area contributed by atoms with Crippen LogP contribution in [0.15, 0.2) is 48.9 Å². The highest BCUT2D eigenvalue weighted by Gasteiger charge is 2.33. The molecule has 24 heavy (non-hydrogen) atoms. The number of imidazole rings is 1. The Morgan fingerprint density at radius 3 is 3.00 bits per heavy atom. The highest BCUT2D eigenvalue weighted by Crippen LogP contribution is 2.34. The van der Waals surface area contributed by atoms with Crippen LogP contribution in [0, 0.1) is 0 Å². The van der Waals surface area contributed by atoms with Crippen molar-refractivity contribution >= 4 is 11.6 Å². The average Bonchev–Trinajstić information content (AvgIpc) is 3.29. The summed E-state index contributed by atoms with van der Waals surface area (Å²) >= 11 is 0. The van der Waals surface area contributed by atoms with E-state index in [0.717, 1.165) is 30.7 Å². The van der Waals surface area contributed by atoms with Crippen molar-refractivity contribution in [3.8, 4) is 5.88 Å². The summed E-state index contributed by atoms with van der Waals surface area (Å²) in [6.07, 6.45) is 7.26. The molecule has 0 N–H and O–H groups in total. The van der Waals surface area contributed by atoms with Gasteiger partial charge in [-0.25, -0.2) is 9.97 Å². The second kappa shape index (κ2) is 5.96. The number of carbonyl (C=O) groups is 1. The number of amides is 1. The number of hydrogen-bond acceptors (Lipinski definition) is 4. The normalized spacial score (nSPS) is 17.4. The van der Waals surface area contributed by atoms with Crippen molar-refractivity contribution in [1.82, 2.24) is 19.3 Å². The Balaban J connectivity index is 1.73. The molecule has 6 heteroatoms. The number of methoxy groups -OCH3 is 1. The van der Waals surface area contributed by atoms with Crippen LogP contribution in [-0.4, -0.2) is 38.8 Å². The summed E-state index contributed by atoms with van der Waals surface area (Å²) in [5, 5.41) is 0.